The van der Waals surface area contributed by atoms with Gasteiger partial charge in [-0.15, -0.1) is 0 Å². The number of rotatable bonds is 5. The van der Waals surface area contributed by atoms with Crippen molar-refractivity contribution in [1.82, 2.24) is 19.6 Å². The summed E-state index contributed by atoms with van der Waals surface area (Å²) in [5, 5.41) is 5.39. The molecule has 5 nitrogen and oxygen atoms in total. The fraction of sp³-hybridized carbons (Fsp3) is 0.200. The predicted octanol–water partition coefficient (Wildman–Crippen LogP) is 3.86. The number of benzene rings is 1. The highest BCUT2D eigenvalue weighted by Gasteiger charge is 2.10. The highest BCUT2D eigenvalue weighted by Crippen LogP contribution is 2.20. The minimum atomic E-state index is 0.699. The molecule has 4 aromatic rings. The van der Waals surface area contributed by atoms with Gasteiger partial charge in [0, 0.05) is 37.6 Å². The largest absolute Gasteiger partial charge is 0.359 e. The molecule has 126 valence electrons. The fourth-order valence-corrected chi connectivity index (χ4v) is 3.06. The second-order valence-corrected chi connectivity index (χ2v) is 6.39. The lowest BCUT2D eigenvalue weighted by Crippen LogP contribution is -2.16. The number of nitrogens with zero attached hydrogens (tertiary/aromatic N) is 4. The third kappa shape index (κ3) is 3.32. The number of aryl methyl sites for hydroxylation is 1. The molecule has 0 radical (unpaired) electrons. The van der Waals surface area contributed by atoms with E-state index in [2.05, 4.69) is 64.2 Å². The van der Waals surface area contributed by atoms with Gasteiger partial charge in [0.2, 0.25) is 0 Å². The van der Waals surface area contributed by atoms with E-state index < -0.39 is 0 Å². The number of hydrogen-bond donors (Lipinski definition) is 0. The first-order chi connectivity index (χ1) is 12.2. The molecule has 1 aromatic carbocycles. The molecule has 0 spiro atoms. The smallest absolute Gasteiger partial charge is 0.151 e. The Morgan fingerprint density at radius 2 is 1.96 bits per heavy atom. The van der Waals surface area contributed by atoms with E-state index in [0.29, 0.717) is 6.54 Å². The van der Waals surface area contributed by atoms with E-state index in [0.717, 1.165) is 23.7 Å². The van der Waals surface area contributed by atoms with Gasteiger partial charge in [-0.2, -0.15) is 0 Å². The molecule has 0 saturated carbocycles. The molecule has 0 amide bonds. The van der Waals surface area contributed by atoms with Gasteiger partial charge < -0.3 is 9.09 Å². The van der Waals surface area contributed by atoms with Crippen LogP contribution in [0.2, 0.25) is 0 Å². The summed E-state index contributed by atoms with van der Waals surface area (Å²) in [5.74, 6) is 0.836. The molecule has 0 aliphatic carbocycles. The highest BCUT2D eigenvalue weighted by molar-refractivity contribution is 5.80. The Hall–Kier alpha value is -2.92. The number of hydrogen-bond acceptors (Lipinski definition) is 4. The Kier molecular flexibility index (Phi) is 4.07. The van der Waals surface area contributed by atoms with E-state index in [1.807, 2.05) is 24.3 Å². The van der Waals surface area contributed by atoms with Gasteiger partial charge in [0.25, 0.3) is 0 Å². The summed E-state index contributed by atoms with van der Waals surface area (Å²) in [7, 11) is 4.15. The average molecular weight is 332 g/mol. The number of aromatic nitrogens is 3. The second kappa shape index (κ2) is 6.53. The fourth-order valence-electron chi connectivity index (χ4n) is 3.06. The lowest BCUT2D eigenvalue weighted by Gasteiger charge is -2.15. The monoisotopic (exact) mass is 332 g/mol. The van der Waals surface area contributed by atoms with Crippen molar-refractivity contribution >= 4 is 10.9 Å². The van der Waals surface area contributed by atoms with Gasteiger partial charge >= 0.3 is 0 Å². The van der Waals surface area contributed by atoms with Crippen molar-refractivity contribution in [3.8, 4) is 11.4 Å². The standard InChI is InChI=1S/C20H20N4O/c1-23(13-15-6-7-16-8-10-24(2)20(16)11-15)14-17-12-19(22-25-17)18-5-3-4-9-21-18/h3-12H,13-14H2,1-2H3. The molecule has 0 unspecified atom stereocenters. The van der Waals surface area contributed by atoms with E-state index in [-0.39, 0.29) is 0 Å². The summed E-state index contributed by atoms with van der Waals surface area (Å²) < 4.78 is 7.62. The minimum Gasteiger partial charge on any atom is -0.359 e. The molecule has 0 aliphatic rings. The van der Waals surface area contributed by atoms with Gasteiger partial charge in [0.15, 0.2) is 5.76 Å². The Morgan fingerprint density at radius 3 is 2.80 bits per heavy atom. The number of fused-ring (bicyclic) bond motifs is 1. The van der Waals surface area contributed by atoms with Gasteiger partial charge in [0.05, 0.1) is 12.2 Å². The molecular formula is C20H20N4O. The van der Waals surface area contributed by atoms with Crippen molar-refractivity contribution in [2.75, 3.05) is 7.05 Å². The molecule has 3 aromatic heterocycles. The van der Waals surface area contributed by atoms with E-state index in [1.165, 1.54) is 16.5 Å². The van der Waals surface area contributed by atoms with Gasteiger partial charge in [-0.3, -0.25) is 9.88 Å². The van der Waals surface area contributed by atoms with Crippen LogP contribution in [0.15, 0.2) is 65.4 Å². The molecule has 0 saturated heterocycles. The van der Waals surface area contributed by atoms with Crippen molar-refractivity contribution in [2.24, 2.45) is 7.05 Å². The van der Waals surface area contributed by atoms with Crippen LogP contribution in [0.1, 0.15) is 11.3 Å². The summed E-state index contributed by atoms with van der Waals surface area (Å²) >= 11 is 0. The maximum Gasteiger partial charge on any atom is 0.151 e. The second-order valence-electron chi connectivity index (χ2n) is 6.39. The first-order valence-electron chi connectivity index (χ1n) is 8.28. The predicted molar refractivity (Wildman–Crippen MR) is 97.8 cm³/mol. The lowest BCUT2D eigenvalue weighted by molar-refractivity contribution is 0.267. The van der Waals surface area contributed by atoms with Crippen LogP contribution in [-0.2, 0) is 20.1 Å². The van der Waals surface area contributed by atoms with Crippen molar-refractivity contribution in [2.45, 2.75) is 13.1 Å². The average Bonchev–Trinajstić information content (AvgIpc) is 3.23. The normalized spacial score (nSPS) is 11.5. The SMILES string of the molecule is CN(Cc1ccc2ccn(C)c2c1)Cc1cc(-c2ccccn2)no1. The molecule has 25 heavy (non-hydrogen) atoms. The summed E-state index contributed by atoms with van der Waals surface area (Å²) in [4.78, 5) is 6.52. The maximum atomic E-state index is 5.47. The van der Waals surface area contributed by atoms with Crippen LogP contribution in [0, 0.1) is 0 Å². The van der Waals surface area contributed by atoms with E-state index in [4.69, 9.17) is 4.52 Å². The van der Waals surface area contributed by atoms with Gasteiger partial charge in [-0.1, -0.05) is 23.4 Å². The van der Waals surface area contributed by atoms with E-state index in [1.54, 1.807) is 6.20 Å². The van der Waals surface area contributed by atoms with Crippen molar-refractivity contribution in [3.63, 3.8) is 0 Å². The summed E-state index contributed by atoms with van der Waals surface area (Å²) in [5.41, 5.74) is 4.13. The minimum absolute atomic E-state index is 0.699. The molecule has 3 heterocycles. The van der Waals surface area contributed by atoms with Crippen LogP contribution < -0.4 is 0 Å². The molecule has 0 atom stereocenters. The molecule has 5 heteroatoms. The maximum absolute atomic E-state index is 5.47. The van der Waals surface area contributed by atoms with Crippen LogP contribution in [0.4, 0.5) is 0 Å². The Morgan fingerprint density at radius 1 is 1.04 bits per heavy atom. The first-order valence-corrected chi connectivity index (χ1v) is 8.28. The summed E-state index contributed by atoms with van der Waals surface area (Å²) in [6.45, 7) is 1.55. The Balaban J connectivity index is 1.45. The van der Waals surface area contributed by atoms with Crippen LogP contribution in [0.3, 0.4) is 0 Å². The van der Waals surface area contributed by atoms with Crippen molar-refractivity contribution in [1.29, 1.82) is 0 Å². The zero-order valence-corrected chi connectivity index (χ0v) is 14.4. The first kappa shape index (κ1) is 15.6. The molecule has 0 N–H and O–H groups in total. The third-order valence-corrected chi connectivity index (χ3v) is 4.32. The molecule has 0 bridgehead atoms. The summed E-state index contributed by atoms with van der Waals surface area (Å²) in [6.07, 6.45) is 3.85. The van der Waals surface area contributed by atoms with Gasteiger partial charge in [-0.05, 0) is 42.3 Å². The van der Waals surface area contributed by atoms with E-state index >= 15 is 0 Å². The van der Waals surface area contributed by atoms with Crippen molar-refractivity contribution in [3.05, 3.63) is 72.2 Å². The van der Waals surface area contributed by atoms with Crippen LogP contribution >= 0.6 is 0 Å². The molecule has 0 aliphatic heterocycles. The van der Waals surface area contributed by atoms with Crippen LogP contribution in [0.5, 0.6) is 0 Å². The Labute approximate surface area is 146 Å². The highest BCUT2D eigenvalue weighted by atomic mass is 16.5. The van der Waals surface area contributed by atoms with E-state index in [9.17, 15) is 0 Å². The molecule has 4 rings (SSSR count). The quantitative estimate of drug-likeness (QED) is 0.557. The topological polar surface area (TPSA) is 47.1 Å². The third-order valence-electron chi connectivity index (χ3n) is 4.32. The number of pyridine rings is 1. The molecule has 0 fully saturated rings. The van der Waals surface area contributed by atoms with Gasteiger partial charge in [-0.25, -0.2) is 0 Å². The summed E-state index contributed by atoms with van der Waals surface area (Å²) in [6, 6.07) is 16.5. The van der Waals surface area contributed by atoms with Crippen LogP contribution in [-0.4, -0.2) is 26.7 Å². The molecular weight excluding hydrogens is 312 g/mol. The zero-order chi connectivity index (χ0) is 17.2. The zero-order valence-electron chi connectivity index (χ0n) is 14.4. The van der Waals surface area contributed by atoms with Crippen molar-refractivity contribution < 1.29 is 4.52 Å². The van der Waals surface area contributed by atoms with Gasteiger partial charge in [0.1, 0.15) is 5.69 Å². The Bertz CT molecular complexity index is 987. The van der Waals surface area contributed by atoms with Crippen LogP contribution in [0.25, 0.3) is 22.3 Å². The lowest BCUT2D eigenvalue weighted by atomic mass is 10.1.